The van der Waals surface area contributed by atoms with Crippen molar-refractivity contribution in [2.75, 3.05) is 18.8 Å². The molecule has 0 aliphatic heterocycles. The molecule has 0 atom stereocenters. The van der Waals surface area contributed by atoms with Crippen molar-refractivity contribution in [1.29, 1.82) is 0 Å². The van der Waals surface area contributed by atoms with Gasteiger partial charge in [0.25, 0.3) is 5.91 Å². The number of rotatable bonds is 3. The molecule has 6 heteroatoms. The minimum Gasteiger partial charge on any atom is -0.396 e. The molecule has 2 aromatic rings. The maximum atomic E-state index is 12.3. The Kier molecular flexibility index (Phi) is 3.44. The zero-order valence-electron chi connectivity index (χ0n) is 9.88. The number of thiophene rings is 1. The number of fused-ring (bicyclic) bond motifs is 1. The normalized spacial score (nSPS) is 10.2. The van der Waals surface area contributed by atoms with Gasteiger partial charge in [-0.3, -0.25) is 4.79 Å². The average Bonchev–Trinajstić information content (AvgIpc) is 2.73. The van der Waals surface area contributed by atoms with Gasteiger partial charge in [0.15, 0.2) is 0 Å². The van der Waals surface area contributed by atoms with Gasteiger partial charge < -0.3 is 10.6 Å². The molecular formula is C12H12N4OS. The van der Waals surface area contributed by atoms with Crippen LogP contribution in [0.3, 0.4) is 0 Å². The lowest BCUT2D eigenvalue weighted by atomic mass is 10.3. The van der Waals surface area contributed by atoms with Gasteiger partial charge in [0, 0.05) is 18.9 Å². The zero-order valence-corrected chi connectivity index (χ0v) is 10.7. The van der Waals surface area contributed by atoms with E-state index in [1.165, 1.54) is 11.3 Å². The second-order valence-electron chi connectivity index (χ2n) is 3.58. The number of nitrogens with two attached hydrogens (primary N) is 1. The van der Waals surface area contributed by atoms with Gasteiger partial charge in [-0.15, -0.1) is 17.8 Å². The first kappa shape index (κ1) is 12.3. The zero-order chi connectivity index (χ0) is 13.1. The van der Waals surface area contributed by atoms with Crippen molar-refractivity contribution in [2.45, 2.75) is 6.92 Å². The molecule has 0 saturated carbocycles. The second kappa shape index (κ2) is 5.02. The minimum atomic E-state index is -0.169. The Balaban J connectivity index is 2.45. The minimum absolute atomic E-state index is 0.169. The maximum Gasteiger partial charge on any atom is 0.266 e. The van der Waals surface area contributed by atoms with Gasteiger partial charge in [-0.25, -0.2) is 9.97 Å². The number of hydrogen-bond donors (Lipinski definition) is 1. The van der Waals surface area contributed by atoms with E-state index in [2.05, 4.69) is 15.9 Å². The molecule has 0 aliphatic rings. The van der Waals surface area contributed by atoms with Crippen molar-refractivity contribution in [3.8, 4) is 12.3 Å². The lowest BCUT2D eigenvalue weighted by molar-refractivity contribution is 0.0790. The fourth-order valence-electron chi connectivity index (χ4n) is 1.58. The van der Waals surface area contributed by atoms with Gasteiger partial charge >= 0.3 is 0 Å². The molecule has 0 fully saturated rings. The lowest BCUT2D eigenvalue weighted by Crippen LogP contribution is -2.30. The van der Waals surface area contributed by atoms with Crippen LogP contribution >= 0.6 is 11.3 Å². The van der Waals surface area contributed by atoms with Crippen LogP contribution < -0.4 is 5.73 Å². The summed E-state index contributed by atoms with van der Waals surface area (Å²) in [6.07, 6.45) is 8.37. The SMILES string of the molecule is C#CCN(CC)C(=O)c1sc2nccnc2c1N. The molecule has 0 unspecified atom stereocenters. The van der Waals surface area contributed by atoms with E-state index in [0.717, 1.165) is 0 Å². The van der Waals surface area contributed by atoms with Crippen LogP contribution in [0, 0.1) is 12.3 Å². The molecule has 0 aliphatic carbocycles. The first-order valence-electron chi connectivity index (χ1n) is 5.40. The number of amides is 1. The van der Waals surface area contributed by atoms with Crippen molar-refractivity contribution in [2.24, 2.45) is 0 Å². The van der Waals surface area contributed by atoms with E-state index in [4.69, 9.17) is 12.2 Å². The predicted octanol–water partition coefficient (Wildman–Crippen LogP) is 1.37. The van der Waals surface area contributed by atoms with Crippen molar-refractivity contribution < 1.29 is 4.79 Å². The number of nitrogen functional groups attached to an aromatic ring is 1. The fraction of sp³-hybridized carbons (Fsp3) is 0.250. The number of anilines is 1. The Morgan fingerprint density at radius 2 is 2.28 bits per heavy atom. The summed E-state index contributed by atoms with van der Waals surface area (Å²) >= 11 is 1.24. The van der Waals surface area contributed by atoms with Gasteiger partial charge in [-0.05, 0) is 6.92 Å². The number of carbonyl (C=O) groups excluding carboxylic acids is 1. The monoisotopic (exact) mass is 260 g/mol. The van der Waals surface area contributed by atoms with E-state index in [9.17, 15) is 4.79 Å². The standard InChI is InChI=1S/C12H12N4OS/c1-3-7-16(4-2)12(17)10-8(13)9-11(18-10)15-6-5-14-9/h1,5-6H,4,7,13H2,2H3. The molecule has 2 aromatic heterocycles. The highest BCUT2D eigenvalue weighted by Gasteiger charge is 2.21. The molecule has 0 spiro atoms. The Hall–Kier alpha value is -2.13. The third-order valence-corrected chi connectivity index (χ3v) is 3.60. The highest BCUT2D eigenvalue weighted by Crippen LogP contribution is 2.31. The van der Waals surface area contributed by atoms with Crippen molar-refractivity contribution in [3.63, 3.8) is 0 Å². The summed E-state index contributed by atoms with van der Waals surface area (Å²) in [5, 5.41) is 0. The molecular weight excluding hydrogens is 248 g/mol. The summed E-state index contributed by atoms with van der Waals surface area (Å²) in [6, 6.07) is 0. The topological polar surface area (TPSA) is 72.1 Å². The first-order chi connectivity index (χ1) is 8.69. The Bertz CT molecular complexity index is 629. The molecule has 0 radical (unpaired) electrons. The Morgan fingerprint density at radius 3 is 2.89 bits per heavy atom. The van der Waals surface area contributed by atoms with E-state index in [1.807, 2.05) is 6.92 Å². The maximum absolute atomic E-state index is 12.3. The summed E-state index contributed by atoms with van der Waals surface area (Å²) in [6.45, 7) is 2.68. The molecule has 18 heavy (non-hydrogen) atoms. The highest BCUT2D eigenvalue weighted by molar-refractivity contribution is 7.21. The lowest BCUT2D eigenvalue weighted by Gasteiger charge is -2.16. The number of hydrogen-bond acceptors (Lipinski definition) is 5. The van der Waals surface area contributed by atoms with Crippen LogP contribution in [-0.2, 0) is 0 Å². The quantitative estimate of drug-likeness (QED) is 0.846. The highest BCUT2D eigenvalue weighted by atomic mass is 32.1. The van der Waals surface area contributed by atoms with Gasteiger partial charge in [0.05, 0.1) is 12.2 Å². The van der Waals surface area contributed by atoms with Crippen LogP contribution in [0.2, 0.25) is 0 Å². The average molecular weight is 260 g/mol. The van der Waals surface area contributed by atoms with Crippen LogP contribution in [0.1, 0.15) is 16.6 Å². The smallest absolute Gasteiger partial charge is 0.266 e. The van der Waals surface area contributed by atoms with E-state index in [-0.39, 0.29) is 12.5 Å². The van der Waals surface area contributed by atoms with Crippen LogP contribution in [0.15, 0.2) is 12.4 Å². The van der Waals surface area contributed by atoms with Gasteiger partial charge in [-0.1, -0.05) is 5.92 Å². The molecule has 2 rings (SSSR count). The fourth-order valence-corrected chi connectivity index (χ4v) is 2.57. The van der Waals surface area contributed by atoms with Crippen LogP contribution in [-0.4, -0.2) is 33.9 Å². The predicted molar refractivity (Wildman–Crippen MR) is 72.2 cm³/mol. The summed E-state index contributed by atoms with van der Waals surface area (Å²) in [7, 11) is 0. The molecule has 0 saturated heterocycles. The molecule has 1 amide bonds. The molecule has 0 aromatic carbocycles. The summed E-state index contributed by atoms with van der Waals surface area (Å²) in [5.41, 5.74) is 6.89. The number of carbonyl (C=O) groups is 1. The third kappa shape index (κ3) is 2.00. The van der Waals surface area contributed by atoms with E-state index in [1.54, 1.807) is 17.3 Å². The van der Waals surface area contributed by atoms with Gasteiger partial charge in [-0.2, -0.15) is 0 Å². The van der Waals surface area contributed by atoms with Crippen LogP contribution in [0.25, 0.3) is 10.3 Å². The van der Waals surface area contributed by atoms with Crippen molar-refractivity contribution in [3.05, 3.63) is 17.3 Å². The van der Waals surface area contributed by atoms with E-state index < -0.39 is 0 Å². The van der Waals surface area contributed by atoms with Crippen LogP contribution in [0.5, 0.6) is 0 Å². The van der Waals surface area contributed by atoms with Gasteiger partial charge in [0.1, 0.15) is 15.2 Å². The van der Waals surface area contributed by atoms with E-state index in [0.29, 0.717) is 27.5 Å². The molecule has 0 bridgehead atoms. The number of aromatic nitrogens is 2. The largest absolute Gasteiger partial charge is 0.396 e. The third-order valence-electron chi connectivity index (χ3n) is 2.51. The first-order valence-corrected chi connectivity index (χ1v) is 6.22. The summed E-state index contributed by atoms with van der Waals surface area (Å²) in [4.78, 5) is 23.2. The number of terminal acetylenes is 1. The molecule has 2 heterocycles. The van der Waals surface area contributed by atoms with E-state index >= 15 is 0 Å². The van der Waals surface area contributed by atoms with Crippen LogP contribution in [0.4, 0.5) is 5.69 Å². The van der Waals surface area contributed by atoms with Gasteiger partial charge in [0.2, 0.25) is 0 Å². The van der Waals surface area contributed by atoms with Crippen molar-refractivity contribution in [1.82, 2.24) is 14.9 Å². The molecule has 5 nitrogen and oxygen atoms in total. The Morgan fingerprint density at radius 1 is 1.56 bits per heavy atom. The summed E-state index contributed by atoms with van der Waals surface area (Å²) < 4.78 is 0. The summed E-state index contributed by atoms with van der Waals surface area (Å²) in [5.74, 6) is 2.29. The second-order valence-corrected chi connectivity index (χ2v) is 4.58. The number of nitrogens with zero attached hydrogens (tertiary/aromatic N) is 3. The molecule has 2 N–H and O–H groups in total. The molecule has 92 valence electrons. The Labute approximate surface area is 109 Å². The van der Waals surface area contributed by atoms with Crippen molar-refractivity contribution >= 4 is 33.3 Å².